The first kappa shape index (κ1) is 21.3. The molecule has 8 heteroatoms. The summed E-state index contributed by atoms with van der Waals surface area (Å²) in [6.07, 6.45) is 5.02. The number of hydrogen-bond acceptors (Lipinski definition) is 6. The molecule has 2 saturated heterocycles. The van der Waals surface area contributed by atoms with E-state index in [1.54, 1.807) is 0 Å². The van der Waals surface area contributed by atoms with E-state index in [1.165, 1.54) is 50.4 Å². The predicted molar refractivity (Wildman–Crippen MR) is 119 cm³/mol. The van der Waals surface area contributed by atoms with Crippen LogP contribution in [0.5, 0.6) is 0 Å². The first-order valence-corrected chi connectivity index (χ1v) is 11.8. The maximum atomic E-state index is 4.98. The largest absolute Gasteiger partial charge is 0.357 e. The SMILES string of the molecule is CCNC(=NCC(C)CN1CCCCC1)N1CCN(c2nc(CC)ns2)CC1. The Kier molecular flexibility index (Phi) is 8.33. The molecule has 1 unspecified atom stereocenters. The lowest BCUT2D eigenvalue weighted by Crippen LogP contribution is -2.52. The van der Waals surface area contributed by atoms with Crippen LogP contribution in [0, 0.1) is 5.92 Å². The van der Waals surface area contributed by atoms with Gasteiger partial charge in [-0.3, -0.25) is 4.99 Å². The molecule has 0 aromatic carbocycles. The lowest BCUT2D eigenvalue weighted by atomic mass is 10.1. The maximum absolute atomic E-state index is 4.98. The normalized spacial score (nSPS) is 20.5. The third-order valence-electron chi connectivity index (χ3n) is 5.53. The quantitative estimate of drug-likeness (QED) is 0.553. The zero-order valence-electron chi connectivity index (χ0n) is 17.9. The van der Waals surface area contributed by atoms with Crippen LogP contribution in [0.4, 0.5) is 5.13 Å². The number of guanidine groups is 1. The van der Waals surface area contributed by atoms with Crippen LogP contribution in [0.1, 0.15) is 45.9 Å². The van der Waals surface area contributed by atoms with E-state index in [2.05, 4.69) is 50.1 Å². The molecule has 2 aliphatic heterocycles. The molecule has 1 aromatic heterocycles. The molecule has 7 nitrogen and oxygen atoms in total. The van der Waals surface area contributed by atoms with Gasteiger partial charge in [0.2, 0.25) is 5.13 Å². The average molecular weight is 408 g/mol. The van der Waals surface area contributed by atoms with Gasteiger partial charge in [0.15, 0.2) is 5.96 Å². The molecule has 0 aliphatic carbocycles. The zero-order chi connectivity index (χ0) is 19.8. The van der Waals surface area contributed by atoms with Crippen molar-refractivity contribution >= 4 is 22.6 Å². The van der Waals surface area contributed by atoms with Gasteiger partial charge >= 0.3 is 0 Å². The van der Waals surface area contributed by atoms with Gasteiger partial charge in [0.05, 0.1) is 0 Å². The van der Waals surface area contributed by atoms with Crippen molar-refractivity contribution in [3.63, 3.8) is 0 Å². The summed E-state index contributed by atoms with van der Waals surface area (Å²) < 4.78 is 4.43. The second-order valence-electron chi connectivity index (χ2n) is 7.98. The number of aromatic nitrogens is 2. The summed E-state index contributed by atoms with van der Waals surface area (Å²) in [5, 5.41) is 4.56. The van der Waals surface area contributed by atoms with E-state index in [4.69, 9.17) is 4.99 Å². The minimum Gasteiger partial charge on any atom is -0.357 e. The Morgan fingerprint density at radius 3 is 2.50 bits per heavy atom. The molecule has 158 valence electrons. The monoisotopic (exact) mass is 407 g/mol. The van der Waals surface area contributed by atoms with Crippen LogP contribution in [0.25, 0.3) is 0 Å². The van der Waals surface area contributed by atoms with Gasteiger partial charge in [-0.1, -0.05) is 20.3 Å². The third kappa shape index (κ3) is 6.04. The lowest BCUT2D eigenvalue weighted by molar-refractivity contribution is 0.202. The summed E-state index contributed by atoms with van der Waals surface area (Å²) >= 11 is 1.53. The zero-order valence-corrected chi connectivity index (χ0v) is 18.7. The topological polar surface area (TPSA) is 59.9 Å². The molecule has 3 heterocycles. The Hall–Kier alpha value is -1.41. The van der Waals surface area contributed by atoms with E-state index in [0.29, 0.717) is 5.92 Å². The van der Waals surface area contributed by atoms with Crippen LogP contribution in [0.15, 0.2) is 4.99 Å². The fourth-order valence-electron chi connectivity index (χ4n) is 3.93. The van der Waals surface area contributed by atoms with E-state index in [0.717, 1.165) is 62.6 Å². The highest BCUT2D eigenvalue weighted by molar-refractivity contribution is 7.09. The predicted octanol–water partition coefficient (Wildman–Crippen LogP) is 2.31. The minimum absolute atomic E-state index is 0.599. The minimum atomic E-state index is 0.599. The standard InChI is InChI=1S/C20H37N7S/c1-4-18-23-20(28-24-18)27-13-11-26(12-14-27)19(21-5-2)22-15-17(3)16-25-9-7-6-8-10-25/h17H,4-16H2,1-3H3,(H,21,22). The molecule has 2 aliphatic rings. The summed E-state index contributed by atoms with van der Waals surface area (Å²) in [6.45, 7) is 16.0. The van der Waals surface area contributed by atoms with E-state index >= 15 is 0 Å². The molecule has 1 atom stereocenters. The van der Waals surface area contributed by atoms with Gasteiger partial charge in [0, 0.05) is 63.8 Å². The average Bonchev–Trinajstić information content (AvgIpc) is 3.21. The van der Waals surface area contributed by atoms with Gasteiger partial charge in [-0.15, -0.1) is 0 Å². The molecule has 0 spiro atoms. The number of aliphatic imine (C=N–C) groups is 1. The smallest absolute Gasteiger partial charge is 0.205 e. The maximum Gasteiger partial charge on any atom is 0.205 e. The van der Waals surface area contributed by atoms with Gasteiger partial charge in [0.1, 0.15) is 5.82 Å². The van der Waals surface area contributed by atoms with E-state index in [1.807, 2.05) is 0 Å². The second-order valence-corrected chi connectivity index (χ2v) is 8.71. The van der Waals surface area contributed by atoms with Crippen molar-refractivity contribution in [1.82, 2.24) is 24.5 Å². The Morgan fingerprint density at radius 2 is 1.86 bits per heavy atom. The molecule has 1 aromatic rings. The van der Waals surface area contributed by atoms with E-state index in [9.17, 15) is 0 Å². The molecule has 1 N–H and O–H groups in total. The van der Waals surface area contributed by atoms with Gasteiger partial charge in [-0.05, 0) is 38.8 Å². The number of anilines is 1. The Labute approximate surface area is 174 Å². The fraction of sp³-hybridized carbons (Fsp3) is 0.850. The Balaban J connectivity index is 1.49. The number of nitrogens with one attached hydrogen (secondary N) is 1. The summed E-state index contributed by atoms with van der Waals surface area (Å²) in [6, 6.07) is 0. The highest BCUT2D eigenvalue weighted by Gasteiger charge is 2.22. The van der Waals surface area contributed by atoms with Crippen LogP contribution in [0.2, 0.25) is 0 Å². The molecule has 2 fully saturated rings. The van der Waals surface area contributed by atoms with Crippen molar-refractivity contribution in [3.8, 4) is 0 Å². The summed E-state index contributed by atoms with van der Waals surface area (Å²) in [4.78, 5) is 17.0. The van der Waals surface area contributed by atoms with Crippen LogP contribution in [0.3, 0.4) is 0 Å². The summed E-state index contributed by atoms with van der Waals surface area (Å²) in [5.74, 6) is 2.63. The number of nitrogens with zero attached hydrogens (tertiary/aromatic N) is 6. The summed E-state index contributed by atoms with van der Waals surface area (Å²) in [7, 11) is 0. The molecule has 0 saturated carbocycles. The van der Waals surface area contributed by atoms with Gasteiger partial charge in [0.25, 0.3) is 0 Å². The lowest BCUT2D eigenvalue weighted by Gasteiger charge is -2.36. The van der Waals surface area contributed by atoms with Crippen LogP contribution in [-0.2, 0) is 6.42 Å². The van der Waals surface area contributed by atoms with Crippen molar-refractivity contribution in [2.24, 2.45) is 10.9 Å². The fourth-order valence-corrected chi connectivity index (χ4v) is 4.74. The van der Waals surface area contributed by atoms with Crippen LogP contribution in [-0.4, -0.2) is 84.0 Å². The van der Waals surface area contributed by atoms with Gasteiger partial charge in [-0.25, -0.2) is 4.98 Å². The number of likely N-dealkylation sites (tertiary alicyclic amines) is 1. The first-order chi connectivity index (χ1) is 13.7. The Bertz CT molecular complexity index is 603. The molecule has 3 rings (SSSR count). The molecular formula is C20H37N7S. The number of piperazine rings is 1. The number of piperidine rings is 1. The summed E-state index contributed by atoms with van der Waals surface area (Å²) in [5.41, 5.74) is 0. The molecule has 0 radical (unpaired) electrons. The van der Waals surface area contributed by atoms with Crippen molar-refractivity contribution < 1.29 is 0 Å². The van der Waals surface area contributed by atoms with E-state index in [-0.39, 0.29) is 0 Å². The number of hydrogen-bond donors (Lipinski definition) is 1. The van der Waals surface area contributed by atoms with Gasteiger partial charge in [-0.2, -0.15) is 4.37 Å². The molecule has 0 amide bonds. The highest BCUT2D eigenvalue weighted by atomic mass is 32.1. The Morgan fingerprint density at radius 1 is 1.11 bits per heavy atom. The van der Waals surface area contributed by atoms with Crippen molar-refractivity contribution in [2.75, 3.05) is 63.8 Å². The van der Waals surface area contributed by atoms with Crippen molar-refractivity contribution in [1.29, 1.82) is 0 Å². The van der Waals surface area contributed by atoms with Crippen molar-refractivity contribution in [2.45, 2.75) is 46.5 Å². The second kappa shape index (κ2) is 11.0. The molecular weight excluding hydrogens is 370 g/mol. The van der Waals surface area contributed by atoms with E-state index < -0.39 is 0 Å². The van der Waals surface area contributed by atoms with Crippen LogP contribution < -0.4 is 10.2 Å². The molecule has 28 heavy (non-hydrogen) atoms. The highest BCUT2D eigenvalue weighted by Crippen LogP contribution is 2.19. The van der Waals surface area contributed by atoms with Gasteiger partial charge < -0.3 is 20.0 Å². The van der Waals surface area contributed by atoms with Crippen molar-refractivity contribution in [3.05, 3.63) is 5.82 Å². The third-order valence-corrected chi connectivity index (χ3v) is 6.34. The molecule has 0 bridgehead atoms. The number of rotatable bonds is 7. The number of aryl methyl sites for hydroxylation is 1. The van der Waals surface area contributed by atoms with Crippen LogP contribution >= 0.6 is 11.5 Å². The first-order valence-electron chi connectivity index (χ1n) is 11.0.